The molecule has 138 valence electrons. The highest BCUT2D eigenvalue weighted by molar-refractivity contribution is 6.01. The zero-order valence-corrected chi connectivity index (χ0v) is 14.5. The van der Waals surface area contributed by atoms with E-state index >= 15 is 0 Å². The Bertz CT molecular complexity index is 907. The van der Waals surface area contributed by atoms with Crippen LogP contribution < -0.4 is 10.1 Å². The molecule has 3 rings (SSSR count). The standard InChI is InChI=1S/C19H17N3O5/c1-2-25-19(24)15-5-3-4-6-16(15)21-17(23)11-26-14-9-7-13(8-10-14)18-22-20-12-27-18/h3-10,12H,2,11H2,1H3,(H,21,23). The quantitative estimate of drug-likeness (QED) is 0.640. The average molecular weight is 367 g/mol. The highest BCUT2D eigenvalue weighted by atomic mass is 16.5. The van der Waals surface area contributed by atoms with Crippen molar-refractivity contribution >= 4 is 17.6 Å². The maximum absolute atomic E-state index is 12.2. The first-order valence-corrected chi connectivity index (χ1v) is 8.22. The van der Waals surface area contributed by atoms with Crippen LogP contribution >= 0.6 is 0 Å². The number of ether oxygens (including phenoxy) is 2. The Morgan fingerprint density at radius 3 is 2.59 bits per heavy atom. The topological polar surface area (TPSA) is 104 Å². The molecule has 1 aromatic heterocycles. The van der Waals surface area contributed by atoms with Crippen molar-refractivity contribution in [2.75, 3.05) is 18.5 Å². The van der Waals surface area contributed by atoms with Crippen molar-refractivity contribution in [3.05, 3.63) is 60.5 Å². The Hall–Kier alpha value is -3.68. The number of hydrogen-bond acceptors (Lipinski definition) is 7. The second-order valence-corrected chi connectivity index (χ2v) is 5.37. The van der Waals surface area contributed by atoms with Crippen LogP contribution in [0.25, 0.3) is 11.5 Å². The largest absolute Gasteiger partial charge is 0.484 e. The lowest BCUT2D eigenvalue weighted by Crippen LogP contribution is -2.22. The summed E-state index contributed by atoms with van der Waals surface area (Å²) in [7, 11) is 0. The number of aromatic nitrogens is 2. The van der Waals surface area contributed by atoms with Gasteiger partial charge in [-0.25, -0.2) is 4.79 Å². The van der Waals surface area contributed by atoms with Crippen LogP contribution in [0.1, 0.15) is 17.3 Å². The Labute approximate surface area is 155 Å². The first-order valence-electron chi connectivity index (χ1n) is 8.22. The third kappa shape index (κ3) is 4.69. The number of anilines is 1. The summed E-state index contributed by atoms with van der Waals surface area (Å²) in [5.41, 5.74) is 1.40. The lowest BCUT2D eigenvalue weighted by molar-refractivity contribution is -0.118. The summed E-state index contributed by atoms with van der Waals surface area (Å²) >= 11 is 0. The van der Waals surface area contributed by atoms with Crippen LogP contribution in [0.5, 0.6) is 5.75 Å². The lowest BCUT2D eigenvalue weighted by atomic mass is 10.2. The van der Waals surface area contributed by atoms with Gasteiger partial charge in [-0.05, 0) is 43.3 Å². The van der Waals surface area contributed by atoms with Crippen molar-refractivity contribution in [1.29, 1.82) is 0 Å². The third-order valence-electron chi connectivity index (χ3n) is 3.53. The molecule has 27 heavy (non-hydrogen) atoms. The summed E-state index contributed by atoms with van der Waals surface area (Å²) in [6.07, 6.45) is 1.25. The van der Waals surface area contributed by atoms with Gasteiger partial charge in [0.2, 0.25) is 12.3 Å². The molecule has 0 bridgehead atoms. The Morgan fingerprint density at radius 1 is 1.11 bits per heavy atom. The Balaban J connectivity index is 1.58. The summed E-state index contributed by atoms with van der Waals surface area (Å²) in [6.45, 7) is 1.76. The molecule has 8 nitrogen and oxygen atoms in total. The molecule has 0 radical (unpaired) electrons. The smallest absolute Gasteiger partial charge is 0.340 e. The van der Waals surface area contributed by atoms with E-state index in [9.17, 15) is 9.59 Å². The zero-order valence-electron chi connectivity index (χ0n) is 14.5. The fourth-order valence-corrected chi connectivity index (χ4v) is 2.31. The van der Waals surface area contributed by atoms with Gasteiger partial charge in [0.05, 0.1) is 17.9 Å². The molecule has 0 aliphatic heterocycles. The number of carbonyl (C=O) groups is 2. The number of nitrogens with one attached hydrogen (secondary N) is 1. The van der Waals surface area contributed by atoms with Gasteiger partial charge < -0.3 is 19.2 Å². The number of nitrogens with zero attached hydrogens (tertiary/aromatic N) is 2. The molecule has 8 heteroatoms. The molecule has 2 aromatic carbocycles. The molecule has 0 saturated carbocycles. The van der Waals surface area contributed by atoms with E-state index in [1.54, 1.807) is 55.5 Å². The molecule has 0 atom stereocenters. The van der Waals surface area contributed by atoms with Gasteiger partial charge in [-0.15, -0.1) is 10.2 Å². The molecular weight excluding hydrogens is 350 g/mol. The SMILES string of the molecule is CCOC(=O)c1ccccc1NC(=O)COc1ccc(-c2nnco2)cc1. The summed E-state index contributed by atoms with van der Waals surface area (Å²) in [4.78, 5) is 24.1. The minimum atomic E-state index is -0.495. The summed E-state index contributed by atoms with van der Waals surface area (Å²) in [6, 6.07) is 13.5. The lowest BCUT2D eigenvalue weighted by Gasteiger charge is -2.11. The normalized spacial score (nSPS) is 10.3. The molecule has 0 fully saturated rings. The van der Waals surface area contributed by atoms with Gasteiger partial charge in [0, 0.05) is 5.56 Å². The van der Waals surface area contributed by atoms with Crippen molar-refractivity contribution in [3.8, 4) is 17.2 Å². The van der Waals surface area contributed by atoms with Crippen LogP contribution in [0, 0.1) is 0 Å². The first-order chi connectivity index (χ1) is 13.2. The van der Waals surface area contributed by atoms with Crippen LogP contribution in [-0.4, -0.2) is 35.3 Å². The monoisotopic (exact) mass is 367 g/mol. The van der Waals surface area contributed by atoms with E-state index in [0.29, 0.717) is 17.3 Å². The number of esters is 1. The fourth-order valence-electron chi connectivity index (χ4n) is 2.31. The van der Waals surface area contributed by atoms with Gasteiger partial charge in [-0.1, -0.05) is 12.1 Å². The van der Waals surface area contributed by atoms with E-state index in [4.69, 9.17) is 13.9 Å². The van der Waals surface area contributed by atoms with Gasteiger partial charge in [0.15, 0.2) is 6.61 Å². The van der Waals surface area contributed by atoms with Crippen molar-refractivity contribution in [2.45, 2.75) is 6.92 Å². The van der Waals surface area contributed by atoms with E-state index in [1.807, 2.05) is 0 Å². The Kier molecular flexibility index (Phi) is 5.78. The fraction of sp³-hybridized carbons (Fsp3) is 0.158. The number of benzene rings is 2. The molecule has 0 aliphatic rings. The van der Waals surface area contributed by atoms with Crippen molar-refractivity contribution < 1.29 is 23.5 Å². The summed E-state index contributed by atoms with van der Waals surface area (Å²) in [5.74, 6) is 0.0145. The second kappa shape index (κ2) is 8.61. The predicted molar refractivity (Wildman–Crippen MR) is 96.3 cm³/mol. The third-order valence-corrected chi connectivity index (χ3v) is 3.53. The molecule has 0 unspecified atom stereocenters. The average Bonchev–Trinajstić information content (AvgIpc) is 3.22. The molecule has 0 spiro atoms. The van der Waals surface area contributed by atoms with E-state index in [1.165, 1.54) is 6.39 Å². The number of para-hydroxylation sites is 1. The molecule has 0 aliphatic carbocycles. The van der Waals surface area contributed by atoms with Crippen LogP contribution in [0.4, 0.5) is 5.69 Å². The number of carbonyl (C=O) groups excluding carboxylic acids is 2. The van der Waals surface area contributed by atoms with Gasteiger partial charge in [0.25, 0.3) is 5.91 Å². The Morgan fingerprint density at radius 2 is 1.89 bits per heavy atom. The zero-order chi connectivity index (χ0) is 19.1. The van der Waals surface area contributed by atoms with Gasteiger partial charge in [-0.2, -0.15) is 0 Å². The van der Waals surface area contributed by atoms with Crippen LogP contribution in [-0.2, 0) is 9.53 Å². The van der Waals surface area contributed by atoms with E-state index in [-0.39, 0.29) is 18.8 Å². The maximum atomic E-state index is 12.2. The minimum absolute atomic E-state index is 0.211. The van der Waals surface area contributed by atoms with Crippen LogP contribution in [0.2, 0.25) is 0 Å². The van der Waals surface area contributed by atoms with Crippen LogP contribution in [0.3, 0.4) is 0 Å². The van der Waals surface area contributed by atoms with Crippen molar-refractivity contribution in [3.63, 3.8) is 0 Å². The summed E-state index contributed by atoms with van der Waals surface area (Å²) < 4.78 is 15.6. The molecule has 3 aromatic rings. The summed E-state index contributed by atoms with van der Waals surface area (Å²) in [5, 5.41) is 10.1. The van der Waals surface area contributed by atoms with Crippen molar-refractivity contribution in [1.82, 2.24) is 10.2 Å². The number of amides is 1. The molecular formula is C19H17N3O5. The van der Waals surface area contributed by atoms with Gasteiger partial charge in [0.1, 0.15) is 5.75 Å². The number of rotatable bonds is 7. The molecule has 0 saturated heterocycles. The van der Waals surface area contributed by atoms with Gasteiger partial charge in [-0.3, -0.25) is 4.79 Å². The second-order valence-electron chi connectivity index (χ2n) is 5.37. The van der Waals surface area contributed by atoms with Gasteiger partial charge >= 0.3 is 5.97 Å². The molecule has 1 amide bonds. The minimum Gasteiger partial charge on any atom is -0.484 e. The number of hydrogen-bond donors (Lipinski definition) is 1. The maximum Gasteiger partial charge on any atom is 0.340 e. The van der Waals surface area contributed by atoms with E-state index in [2.05, 4.69) is 15.5 Å². The molecule has 1 N–H and O–H groups in total. The molecule has 1 heterocycles. The van der Waals surface area contributed by atoms with E-state index in [0.717, 1.165) is 5.56 Å². The first kappa shape index (κ1) is 18.1. The van der Waals surface area contributed by atoms with Crippen LogP contribution in [0.15, 0.2) is 59.3 Å². The van der Waals surface area contributed by atoms with E-state index < -0.39 is 11.9 Å². The highest BCUT2D eigenvalue weighted by Gasteiger charge is 2.14. The highest BCUT2D eigenvalue weighted by Crippen LogP contribution is 2.20. The predicted octanol–water partition coefficient (Wildman–Crippen LogP) is 2.93. The van der Waals surface area contributed by atoms with Crippen molar-refractivity contribution in [2.24, 2.45) is 0 Å².